The number of pyridine rings is 1. The third-order valence-electron chi connectivity index (χ3n) is 5.10. The summed E-state index contributed by atoms with van der Waals surface area (Å²) in [5, 5.41) is 6.73. The summed E-state index contributed by atoms with van der Waals surface area (Å²) >= 11 is 0. The van der Waals surface area contributed by atoms with E-state index in [1.807, 2.05) is 18.2 Å². The first-order valence-corrected chi connectivity index (χ1v) is 9.95. The molecule has 4 rings (SSSR count). The number of nitrogens with zero attached hydrogens (tertiary/aromatic N) is 5. The summed E-state index contributed by atoms with van der Waals surface area (Å²) in [6, 6.07) is 14.4. The van der Waals surface area contributed by atoms with Crippen LogP contribution in [-0.4, -0.2) is 38.5 Å². The minimum atomic E-state index is 0.631. The van der Waals surface area contributed by atoms with Gasteiger partial charge >= 0.3 is 0 Å². The van der Waals surface area contributed by atoms with E-state index in [1.54, 1.807) is 7.05 Å². The molecule has 29 heavy (non-hydrogen) atoms. The largest absolute Gasteiger partial charge is 0.356 e. The lowest BCUT2D eigenvalue weighted by molar-refractivity contribution is 0.624. The van der Waals surface area contributed by atoms with Crippen LogP contribution in [0.4, 0.5) is 0 Å². The number of aliphatic imine (C=N–C) groups is 1. The molecule has 0 saturated heterocycles. The van der Waals surface area contributed by atoms with Gasteiger partial charge in [0, 0.05) is 32.0 Å². The van der Waals surface area contributed by atoms with Crippen molar-refractivity contribution in [1.82, 2.24) is 29.6 Å². The third kappa shape index (κ3) is 4.08. The Bertz CT molecular complexity index is 1150. The Morgan fingerprint density at radius 2 is 1.90 bits per heavy atom. The van der Waals surface area contributed by atoms with Gasteiger partial charge in [0.25, 0.3) is 0 Å². The lowest BCUT2D eigenvalue weighted by atomic mass is 10.3. The Labute approximate surface area is 170 Å². The standard InChI is InChI=1S/C22H27N7/c1-16-8-6-11-21-27-18(15-29(16)21)14-25-22(23-3)24-12-7-13-28-17(2)26-19-9-4-5-10-20(19)28/h4-6,8-11,15H,7,12-14H2,1-3H3,(H2,23,24,25). The summed E-state index contributed by atoms with van der Waals surface area (Å²) in [5.41, 5.74) is 5.37. The van der Waals surface area contributed by atoms with Crippen LogP contribution in [0, 0.1) is 13.8 Å². The number of aromatic nitrogens is 4. The number of benzene rings is 1. The summed E-state index contributed by atoms with van der Waals surface area (Å²) in [6.07, 6.45) is 3.05. The van der Waals surface area contributed by atoms with E-state index in [0.29, 0.717) is 6.54 Å². The van der Waals surface area contributed by atoms with Crippen molar-refractivity contribution in [2.24, 2.45) is 4.99 Å². The fourth-order valence-electron chi connectivity index (χ4n) is 3.60. The van der Waals surface area contributed by atoms with Crippen LogP contribution in [0.3, 0.4) is 0 Å². The van der Waals surface area contributed by atoms with Crippen molar-refractivity contribution >= 4 is 22.6 Å². The highest BCUT2D eigenvalue weighted by molar-refractivity contribution is 5.79. The van der Waals surface area contributed by atoms with Gasteiger partial charge in [-0.05, 0) is 44.5 Å². The van der Waals surface area contributed by atoms with Gasteiger partial charge < -0.3 is 19.6 Å². The van der Waals surface area contributed by atoms with Gasteiger partial charge in [-0.1, -0.05) is 18.2 Å². The number of guanidine groups is 1. The van der Waals surface area contributed by atoms with Crippen LogP contribution in [0.5, 0.6) is 0 Å². The highest BCUT2D eigenvalue weighted by Crippen LogP contribution is 2.15. The minimum absolute atomic E-state index is 0.631. The average molecular weight is 390 g/mol. The lowest BCUT2D eigenvalue weighted by Gasteiger charge is -2.12. The SMILES string of the molecule is CN=C(NCCCn1c(C)nc2ccccc21)NCc1cn2c(C)cccc2n1. The van der Waals surface area contributed by atoms with Gasteiger partial charge in [0.05, 0.1) is 23.3 Å². The second-order valence-corrected chi connectivity index (χ2v) is 7.13. The molecule has 0 unspecified atom stereocenters. The van der Waals surface area contributed by atoms with Gasteiger partial charge in [-0.25, -0.2) is 9.97 Å². The molecule has 2 N–H and O–H groups in total. The van der Waals surface area contributed by atoms with Crippen molar-refractivity contribution in [3.05, 3.63) is 65.9 Å². The zero-order chi connectivity index (χ0) is 20.2. The zero-order valence-electron chi connectivity index (χ0n) is 17.2. The molecule has 0 saturated carbocycles. The maximum absolute atomic E-state index is 4.66. The molecule has 3 heterocycles. The highest BCUT2D eigenvalue weighted by atomic mass is 15.2. The highest BCUT2D eigenvalue weighted by Gasteiger charge is 2.07. The molecule has 0 bridgehead atoms. The molecule has 0 spiro atoms. The number of rotatable bonds is 6. The molecule has 1 aromatic carbocycles. The average Bonchev–Trinajstić information content (AvgIpc) is 3.29. The molecule has 0 aliphatic rings. The maximum Gasteiger partial charge on any atom is 0.191 e. The van der Waals surface area contributed by atoms with E-state index in [-0.39, 0.29) is 0 Å². The number of hydrogen-bond acceptors (Lipinski definition) is 3. The molecular formula is C22H27N7. The summed E-state index contributed by atoms with van der Waals surface area (Å²) in [7, 11) is 1.79. The van der Waals surface area contributed by atoms with E-state index >= 15 is 0 Å². The molecule has 150 valence electrons. The van der Waals surface area contributed by atoms with Crippen LogP contribution in [0.25, 0.3) is 16.7 Å². The van der Waals surface area contributed by atoms with Gasteiger partial charge in [-0.2, -0.15) is 0 Å². The first-order valence-electron chi connectivity index (χ1n) is 9.95. The van der Waals surface area contributed by atoms with Crippen LogP contribution < -0.4 is 10.6 Å². The van der Waals surface area contributed by atoms with E-state index in [4.69, 9.17) is 0 Å². The monoisotopic (exact) mass is 389 g/mol. The first kappa shape index (κ1) is 19.0. The molecule has 4 aromatic rings. The van der Waals surface area contributed by atoms with Crippen molar-refractivity contribution in [3.63, 3.8) is 0 Å². The van der Waals surface area contributed by atoms with Gasteiger partial charge in [-0.15, -0.1) is 0 Å². The minimum Gasteiger partial charge on any atom is -0.356 e. The molecule has 3 aromatic heterocycles. The Kier molecular flexibility index (Phi) is 5.46. The predicted octanol–water partition coefficient (Wildman–Crippen LogP) is 3.06. The maximum atomic E-state index is 4.66. The van der Waals surface area contributed by atoms with Gasteiger partial charge in [0.15, 0.2) is 5.96 Å². The predicted molar refractivity (Wildman–Crippen MR) is 117 cm³/mol. The summed E-state index contributed by atoms with van der Waals surface area (Å²) in [6.45, 7) is 6.52. The van der Waals surface area contributed by atoms with Crippen LogP contribution in [-0.2, 0) is 13.1 Å². The summed E-state index contributed by atoms with van der Waals surface area (Å²) in [5.74, 6) is 1.84. The number of hydrogen-bond donors (Lipinski definition) is 2. The second kappa shape index (κ2) is 8.34. The van der Waals surface area contributed by atoms with Crippen molar-refractivity contribution in [2.45, 2.75) is 33.4 Å². The second-order valence-electron chi connectivity index (χ2n) is 7.13. The van der Waals surface area contributed by atoms with Crippen molar-refractivity contribution in [2.75, 3.05) is 13.6 Å². The van der Waals surface area contributed by atoms with Crippen LogP contribution in [0.1, 0.15) is 23.6 Å². The first-order chi connectivity index (χ1) is 14.2. The van der Waals surface area contributed by atoms with Crippen molar-refractivity contribution < 1.29 is 0 Å². The summed E-state index contributed by atoms with van der Waals surface area (Å²) in [4.78, 5) is 13.6. The number of aryl methyl sites for hydroxylation is 3. The topological polar surface area (TPSA) is 71.5 Å². The van der Waals surface area contributed by atoms with Gasteiger partial charge in [0.2, 0.25) is 0 Å². The molecule has 0 aliphatic heterocycles. The Hall–Kier alpha value is -3.35. The molecular weight excluding hydrogens is 362 g/mol. The molecule has 0 amide bonds. The lowest BCUT2D eigenvalue weighted by Crippen LogP contribution is -2.37. The third-order valence-corrected chi connectivity index (χ3v) is 5.10. The number of imidazole rings is 2. The van der Waals surface area contributed by atoms with Crippen LogP contribution in [0.2, 0.25) is 0 Å². The van der Waals surface area contributed by atoms with E-state index in [2.05, 4.69) is 78.9 Å². The van der Waals surface area contributed by atoms with Crippen LogP contribution in [0.15, 0.2) is 53.7 Å². The Balaban J connectivity index is 1.29. The fraction of sp³-hybridized carbons (Fsp3) is 0.318. The zero-order valence-corrected chi connectivity index (χ0v) is 17.2. The molecule has 0 atom stereocenters. The number of nitrogens with one attached hydrogen (secondary N) is 2. The Morgan fingerprint density at radius 1 is 1.03 bits per heavy atom. The molecule has 0 aliphatic carbocycles. The van der Waals surface area contributed by atoms with E-state index in [9.17, 15) is 0 Å². The van der Waals surface area contributed by atoms with E-state index < -0.39 is 0 Å². The molecule has 0 fully saturated rings. The van der Waals surface area contributed by atoms with Crippen LogP contribution >= 0.6 is 0 Å². The molecule has 7 nitrogen and oxygen atoms in total. The molecule has 7 heteroatoms. The molecule has 0 radical (unpaired) electrons. The Morgan fingerprint density at radius 3 is 2.72 bits per heavy atom. The van der Waals surface area contributed by atoms with E-state index in [1.165, 1.54) is 11.2 Å². The quantitative estimate of drug-likeness (QED) is 0.302. The number of fused-ring (bicyclic) bond motifs is 2. The smallest absolute Gasteiger partial charge is 0.191 e. The summed E-state index contributed by atoms with van der Waals surface area (Å²) < 4.78 is 4.37. The van der Waals surface area contributed by atoms with Crippen molar-refractivity contribution in [1.29, 1.82) is 0 Å². The normalized spacial score (nSPS) is 12.0. The van der Waals surface area contributed by atoms with E-state index in [0.717, 1.165) is 48.2 Å². The van der Waals surface area contributed by atoms with Gasteiger partial charge in [0.1, 0.15) is 11.5 Å². The fourth-order valence-corrected chi connectivity index (χ4v) is 3.60. The van der Waals surface area contributed by atoms with Crippen molar-refractivity contribution in [3.8, 4) is 0 Å². The number of para-hydroxylation sites is 2. The van der Waals surface area contributed by atoms with Gasteiger partial charge in [-0.3, -0.25) is 4.99 Å².